The number of aryl methyl sites for hydroxylation is 1. The molecule has 3 heteroatoms. The molecule has 19 heavy (non-hydrogen) atoms. The second kappa shape index (κ2) is 5.06. The third-order valence-electron chi connectivity index (χ3n) is 3.12. The highest BCUT2D eigenvalue weighted by molar-refractivity contribution is 6.17. The Morgan fingerprint density at radius 1 is 1.05 bits per heavy atom. The van der Waals surface area contributed by atoms with E-state index < -0.39 is 0 Å². The highest BCUT2D eigenvalue weighted by Crippen LogP contribution is 2.19. The van der Waals surface area contributed by atoms with Crippen LogP contribution >= 0.6 is 11.6 Å². The largest absolute Gasteiger partial charge is 0.440 e. The Balaban J connectivity index is 1.87. The van der Waals surface area contributed by atoms with Crippen molar-refractivity contribution in [3.05, 3.63) is 65.0 Å². The number of benzene rings is 2. The van der Waals surface area contributed by atoms with Gasteiger partial charge in [0.15, 0.2) is 11.5 Å². The second-order valence-electron chi connectivity index (χ2n) is 4.71. The second-order valence-corrected chi connectivity index (χ2v) is 4.97. The van der Waals surface area contributed by atoms with E-state index in [1.165, 1.54) is 11.1 Å². The van der Waals surface area contributed by atoms with Crippen molar-refractivity contribution in [1.29, 1.82) is 0 Å². The minimum absolute atomic E-state index is 0.544. The Morgan fingerprint density at radius 3 is 2.53 bits per heavy atom. The van der Waals surface area contributed by atoms with Gasteiger partial charge in [0.05, 0.1) is 0 Å². The number of aromatic nitrogens is 1. The fourth-order valence-electron chi connectivity index (χ4n) is 2.08. The smallest absolute Gasteiger partial charge is 0.199 e. The molecule has 3 aromatic rings. The van der Waals surface area contributed by atoms with E-state index in [1.54, 1.807) is 0 Å². The molecule has 96 valence electrons. The summed E-state index contributed by atoms with van der Waals surface area (Å²) in [6, 6.07) is 14.3. The molecule has 0 aliphatic carbocycles. The molecule has 3 rings (SSSR count). The lowest BCUT2D eigenvalue weighted by atomic mass is 10.1. The van der Waals surface area contributed by atoms with Crippen molar-refractivity contribution in [3.8, 4) is 0 Å². The van der Waals surface area contributed by atoms with Crippen LogP contribution in [0.3, 0.4) is 0 Å². The van der Waals surface area contributed by atoms with E-state index in [2.05, 4.69) is 24.0 Å². The van der Waals surface area contributed by atoms with Gasteiger partial charge in [0.2, 0.25) is 0 Å². The Labute approximate surface area is 117 Å². The zero-order valence-electron chi connectivity index (χ0n) is 10.7. The van der Waals surface area contributed by atoms with Gasteiger partial charge in [-0.25, -0.2) is 4.98 Å². The summed E-state index contributed by atoms with van der Waals surface area (Å²) < 4.78 is 5.75. The molecule has 0 fully saturated rings. The maximum absolute atomic E-state index is 5.78. The van der Waals surface area contributed by atoms with E-state index in [1.807, 2.05) is 30.3 Å². The molecule has 2 aromatic carbocycles. The van der Waals surface area contributed by atoms with Crippen LogP contribution in [-0.4, -0.2) is 4.98 Å². The number of oxazole rings is 1. The van der Waals surface area contributed by atoms with Crippen LogP contribution in [0.4, 0.5) is 0 Å². The molecule has 0 spiro atoms. The number of fused-ring (bicyclic) bond motifs is 1. The number of nitrogens with zero attached hydrogens (tertiary/aromatic N) is 1. The Hall–Kier alpha value is -1.80. The first-order chi connectivity index (χ1) is 9.24. The summed E-state index contributed by atoms with van der Waals surface area (Å²) in [5.41, 5.74) is 5.26. The lowest BCUT2D eigenvalue weighted by molar-refractivity contribution is 0.544. The third kappa shape index (κ3) is 2.64. The average Bonchev–Trinajstić information content (AvgIpc) is 2.81. The van der Waals surface area contributed by atoms with Gasteiger partial charge in [-0.15, -0.1) is 11.6 Å². The fraction of sp³-hybridized carbons (Fsp3) is 0.188. The molecule has 0 saturated carbocycles. The summed E-state index contributed by atoms with van der Waals surface area (Å²) >= 11 is 5.78. The SMILES string of the molecule is Cc1ccc2oc(Cc3ccc(CCl)cc3)nc2c1. The summed E-state index contributed by atoms with van der Waals surface area (Å²) in [7, 11) is 0. The summed E-state index contributed by atoms with van der Waals surface area (Å²) in [4.78, 5) is 4.52. The van der Waals surface area contributed by atoms with Crippen LogP contribution in [0, 0.1) is 6.92 Å². The molecule has 0 N–H and O–H groups in total. The maximum atomic E-state index is 5.78. The molecule has 0 aliphatic rings. The molecule has 0 saturated heterocycles. The molecule has 0 unspecified atom stereocenters. The van der Waals surface area contributed by atoms with E-state index in [0.717, 1.165) is 22.6 Å². The van der Waals surface area contributed by atoms with Crippen molar-refractivity contribution >= 4 is 22.7 Å². The van der Waals surface area contributed by atoms with Gasteiger partial charge in [0, 0.05) is 12.3 Å². The summed E-state index contributed by atoms with van der Waals surface area (Å²) in [5.74, 6) is 1.29. The third-order valence-corrected chi connectivity index (χ3v) is 3.43. The molecule has 0 bridgehead atoms. The zero-order valence-corrected chi connectivity index (χ0v) is 11.4. The Kier molecular flexibility index (Phi) is 3.26. The van der Waals surface area contributed by atoms with Gasteiger partial charge in [0.25, 0.3) is 0 Å². The van der Waals surface area contributed by atoms with Crippen LogP contribution in [-0.2, 0) is 12.3 Å². The van der Waals surface area contributed by atoms with Crippen LogP contribution < -0.4 is 0 Å². The van der Waals surface area contributed by atoms with Gasteiger partial charge < -0.3 is 4.42 Å². The van der Waals surface area contributed by atoms with Gasteiger partial charge in [-0.05, 0) is 35.7 Å². The molecule has 1 aromatic heterocycles. The van der Waals surface area contributed by atoms with E-state index in [-0.39, 0.29) is 0 Å². The van der Waals surface area contributed by atoms with Crippen LogP contribution in [0.25, 0.3) is 11.1 Å². The number of hydrogen-bond acceptors (Lipinski definition) is 2. The minimum atomic E-state index is 0.544. The van der Waals surface area contributed by atoms with E-state index in [4.69, 9.17) is 16.0 Å². The summed E-state index contributed by atoms with van der Waals surface area (Å²) in [6.07, 6.45) is 0.705. The molecule has 2 nitrogen and oxygen atoms in total. The molecule has 0 atom stereocenters. The minimum Gasteiger partial charge on any atom is -0.440 e. The normalized spacial score (nSPS) is 11.1. The van der Waals surface area contributed by atoms with Gasteiger partial charge in [-0.3, -0.25) is 0 Å². The van der Waals surface area contributed by atoms with E-state index >= 15 is 0 Å². The van der Waals surface area contributed by atoms with Gasteiger partial charge in [-0.2, -0.15) is 0 Å². The number of rotatable bonds is 3. The van der Waals surface area contributed by atoms with Crippen molar-refractivity contribution < 1.29 is 4.42 Å². The first-order valence-electron chi connectivity index (χ1n) is 6.24. The van der Waals surface area contributed by atoms with Crippen molar-refractivity contribution in [2.45, 2.75) is 19.2 Å². The lowest BCUT2D eigenvalue weighted by Gasteiger charge is -1.99. The maximum Gasteiger partial charge on any atom is 0.199 e. The molecular formula is C16H14ClNO. The van der Waals surface area contributed by atoms with Gasteiger partial charge in [0.1, 0.15) is 5.52 Å². The summed E-state index contributed by atoms with van der Waals surface area (Å²) in [5, 5.41) is 0. The van der Waals surface area contributed by atoms with Crippen LogP contribution in [0.1, 0.15) is 22.6 Å². The number of alkyl halides is 1. The van der Waals surface area contributed by atoms with Crippen molar-refractivity contribution in [3.63, 3.8) is 0 Å². The highest BCUT2D eigenvalue weighted by Gasteiger charge is 2.06. The first-order valence-corrected chi connectivity index (χ1v) is 6.78. The lowest BCUT2D eigenvalue weighted by Crippen LogP contribution is -1.88. The molecule has 1 heterocycles. The fourth-order valence-corrected chi connectivity index (χ4v) is 2.26. The van der Waals surface area contributed by atoms with Crippen LogP contribution in [0.15, 0.2) is 46.9 Å². The molecule has 0 amide bonds. The van der Waals surface area contributed by atoms with Crippen molar-refractivity contribution in [1.82, 2.24) is 4.98 Å². The molecule has 0 radical (unpaired) electrons. The van der Waals surface area contributed by atoms with Crippen molar-refractivity contribution in [2.24, 2.45) is 0 Å². The Bertz CT molecular complexity index is 700. The topological polar surface area (TPSA) is 26.0 Å². The van der Waals surface area contributed by atoms with Gasteiger partial charge >= 0.3 is 0 Å². The van der Waals surface area contributed by atoms with Crippen molar-refractivity contribution in [2.75, 3.05) is 0 Å². The number of hydrogen-bond donors (Lipinski definition) is 0. The van der Waals surface area contributed by atoms with Crippen LogP contribution in [0.2, 0.25) is 0 Å². The van der Waals surface area contributed by atoms with Crippen LogP contribution in [0.5, 0.6) is 0 Å². The van der Waals surface area contributed by atoms with E-state index in [0.29, 0.717) is 12.3 Å². The summed E-state index contributed by atoms with van der Waals surface area (Å²) in [6.45, 7) is 2.05. The number of halogens is 1. The highest BCUT2D eigenvalue weighted by atomic mass is 35.5. The Morgan fingerprint density at radius 2 is 1.79 bits per heavy atom. The van der Waals surface area contributed by atoms with Gasteiger partial charge in [-0.1, -0.05) is 30.3 Å². The standard InChI is InChI=1S/C16H14ClNO/c1-11-2-7-15-14(8-11)18-16(19-15)9-12-3-5-13(10-17)6-4-12/h2-8H,9-10H2,1H3. The van der Waals surface area contributed by atoms with E-state index in [9.17, 15) is 0 Å². The zero-order chi connectivity index (χ0) is 13.2. The molecular weight excluding hydrogens is 258 g/mol. The quantitative estimate of drug-likeness (QED) is 0.657. The predicted molar refractivity (Wildman–Crippen MR) is 77.6 cm³/mol. The average molecular weight is 272 g/mol. The monoisotopic (exact) mass is 271 g/mol. The molecule has 0 aliphatic heterocycles. The predicted octanol–water partition coefficient (Wildman–Crippen LogP) is 4.47. The first kappa shape index (κ1) is 12.2.